The third kappa shape index (κ3) is 3.38. The summed E-state index contributed by atoms with van der Waals surface area (Å²) in [4.78, 5) is 11.1. The SMILES string of the molecule is CC(C)(O)C1CN(c2cc(-n3ncc4ccc(C5(C#N)CC6(CC6)C5)cc43)ncn2)CCO1. The van der Waals surface area contributed by atoms with Crippen molar-refractivity contribution in [1.29, 1.82) is 5.26 Å². The molecule has 33 heavy (non-hydrogen) atoms. The van der Waals surface area contributed by atoms with Crippen LogP contribution in [0.3, 0.4) is 0 Å². The smallest absolute Gasteiger partial charge is 0.159 e. The Morgan fingerprint density at radius 2 is 1.97 bits per heavy atom. The highest BCUT2D eigenvalue weighted by Gasteiger charge is 2.61. The first-order chi connectivity index (χ1) is 15.8. The van der Waals surface area contributed by atoms with Crippen LogP contribution in [0.2, 0.25) is 0 Å². The van der Waals surface area contributed by atoms with E-state index < -0.39 is 5.60 Å². The Balaban J connectivity index is 1.33. The fraction of sp³-hybridized carbons (Fsp3) is 0.520. The van der Waals surface area contributed by atoms with Gasteiger partial charge < -0.3 is 14.7 Å². The minimum atomic E-state index is -0.930. The highest BCUT2D eigenvalue weighted by atomic mass is 16.5. The number of hydrogen-bond acceptors (Lipinski definition) is 7. The number of morpholine rings is 1. The van der Waals surface area contributed by atoms with Crippen LogP contribution in [0.25, 0.3) is 16.7 Å². The van der Waals surface area contributed by atoms with E-state index in [-0.39, 0.29) is 11.5 Å². The van der Waals surface area contributed by atoms with E-state index in [1.807, 2.05) is 16.9 Å². The lowest BCUT2D eigenvalue weighted by atomic mass is 9.57. The van der Waals surface area contributed by atoms with Gasteiger partial charge in [-0.3, -0.25) is 0 Å². The summed E-state index contributed by atoms with van der Waals surface area (Å²) in [6.07, 6.45) is 7.54. The zero-order valence-corrected chi connectivity index (χ0v) is 19.0. The molecule has 2 saturated carbocycles. The second-order valence-electron chi connectivity index (χ2n) is 10.6. The number of aliphatic hydroxyl groups is 1. The maximum Gasteiger partial charge on any atom is 0.159 e. The van der Waals surface area contributed by atoms with Gasteiger partial charge in [-0.15, -0.1) is 0 Å². The lowest BCUT2D eigenvalue weighted by Gasteiger charge is -2.44. The largest absolute Gasteiger partial charge is 0.388 e. The first-order valence-corrected chi connectivity index (χ1v) is 11.6. The molecule has 1 N–H and O–H groups in total. The van der Waals surface area contributed by atoms with Crippen LogP contribution >= 0.6 is 0 Å². The van der Waals surface area contributed by atoms with Crippen LogP contribution in [0.5, 0.6) is 0 Å². The van der Waals surface area contributed by atoms with Gasteiger partial charge in [0.1, 0.15) is 18.2 Å². The molecule has 8 nitrogen and oxygen atoms in total. The Kier molecular flexibility index (Phi) is 4.36. The van der Waals surface area contributed by atoms with E-state index in [9.17, 15) is 10.4 Å². The first-order valence-electron chi connectivity index (χ1n) is 11.6. The summed E-state index contributed by atoms with van der Waals surface area (Å²) in [7, 11) is 0. The van der Waals surface area contributed by atoms with Gasteiger partial charge >= 0.3 is 0 Å². The van der Waals surface area contributed by atoms with Crippen molar-refractivity contribution in [2.45, 2.75) is 56.7 Å². The number of nitriles is 1. The van der Waals surface area contributed by atoms with E-state index in [4.69, 9.17) is 4.74 Å². The molecule has 0 bridgehead atoms. The van der Waals surface area contributed by atoms with E-state index in [0.717, 1.165) is 35.1 Å². The van der Waals surface area contributed by atoms with Crippen molar-refractivity contribution in [3.05, 3.63) is 42.4 Å². The van der Waals surface area contributed by atoms with Gasteiger partial charge in [-0.25, -0.2) is 14.6 Å². The maximum absolute atomic E-state index is 10.4. The van der Waals surface area contributed by atoms with Gasteiger partial charge in [0.05, 0.1) is 35.4 Å². The molecule has 6 rings (SSSR count). The lowest BCUT2D eigenvalue weighted by molar-refractivity contribution is -0.0929. The van der Waals surface area contributed by atoms with Crippen LogP contribution < -0.4 is 4.90 Å². The Hall–Kier alpha value is -3.02. The van der Waals surface area contributed by atoms with Gasteiger partial charge in [0.2, 0.25) is 0 Å². The molecule has 1 aliphatic heterocycles. The normalized spacial score (nSPS) is 23.3. The molecule has 1 atom stereocenters. The van der Waals surface area contributed by atoms with Crippen LogP contribution in [0.4, 0.5) is 5.82 Å². The summed E-state index contributed by atoms with van der Waals surface area (Å²) in [5, 5.41) is 26.0. The zero-order valence-electron chi connectivity index (χ0n) is 19.0. The third-order valence-electron chi connectivity index (χ3n) is 7.68. The standard InChI is InChI=1S/C25H28N6O2/c1-23(2,32)20-12-30(7-8-33-20)21-10-22(28-16-27-21)31-19-9-18(4-3-17(19)11-29-31)25(15-26)13-24(14-25)5-6-24/h3-4,9-11,16,20,32H,5-8,12-14H2,1-2H3. The molecule has 2 aromatic heterocycles. The molecule has 1 saturated heterocycles. The Labute approximate surface area is 192 Å². The van der Waals surface area contributed by atoms with Crippen LogP contribution in [0, 0.1) is 16.7 Å². The monoisotopic (exact) mass is 444 g/mol. The number of hydrogen-bond donors (Lipinski definition) is 1. The molecule has 3 aromatic rings. The second-order valence-corrected chi connectivity index (χ2v) is 10.6. The molecule has 2 aliphatic carbocycles. The predicted octanol–water partition coefficient (Wildman–Crippen LogP) is 3.13. The summed E-state index contributed by atoms with van der Waals surface area (Å²) in [6, 6.07) is 10.8. The summed E-state index contributed by atoms with van der Waals surface area (Å²) in [5.41, 5.74) is 1.15. The molecule has 1 spiro atoms. The van der Waals surface area contributed by atoms with Gasteiger partial charge in [-0.2, -0.15) is 10.4 Å². The Bertz CT molecular complexity index is 1260. The van der Waals surface area contributed by atoms with Crippen molar-refractivity contribution in [2.75, 3.05) is 24.6 Å². The van der Waals surface area contributed by atoms with Gasteiger partial charge in [0.25, 0.3) is 0 Å². The minimum absolute atomic E-state index is 0.294. The van der Waals surface area contributed by atoms with Crippen LogP contribution in [0.15, 0.2) is 36.8 Å². The fourth-order valence-corrected chi connectivity index (χ4v) is 5.52. The molecule has 1 aromatic carbocycles. The van der Waals surface area contributed by atoms with E-state index >= 15 is 0 Å². The molecule has 3 fully saturated rings. The van der Waals surface area contributed by atoms with Crippen molar-refractivity contribution in [3.63, 3.8) is 0 Å². The van der Waals surface area contributed by atoms with E-state index in [0.29, 0.717) is 30.9 Å². The highest BCUT2D eigenvalue weighted by molar-refractivity contribution is 5.81. The molecule has 0 amide bonds. The molecular formula is C25H28N6O2. The quantitative estimate of drug-likeness (QED) is 0.660. The number of benzene rings is 1. The maximum atomic E-state index is 10.4. The average molecular weight is 445 g/mol. The number of anilines is 1. The molecule has 8 heteroatoms. The van der Waals surface area contributed by atoms with E-state index in [2.05, 4.69) is 44.2 Å². The topological polar surface area (TPSA) is 100 Å². The Morgan fingerprint density at radius 3 is 2.70 bits per heavy atom. The van der Waals surface area contributed by atoms with Crippen molar-refractivity contribution < 1.29 is 9.84 Å². The first kappa shape index (κ1) is 20.6. The van der Waals surface area contributed by atoms with Crippen LogP contribution in [0.1, 0.15) is 45.1 Å². The van der Waals surface area contributed by atoms with E-state index in [1.54, 1.807) is 20.2 Å². The highest BCUT2D eigenvalue weighted by Crippen LogP contribution is 2.68. The zero-order chi connectivity index (χ0) is 22.8. The van der Waals surface area contributed by atoms with Crippen molar-refractivity contribution in [1.82, 2.24) is 19.7 Å². The molecule has 3 aliphatic rings. The van der Waals surface area contributed by atoms with Gasteiger partial charge in [-0.1, -0.05) is 12.1 Å². The molecule has 170 valence electrons. The number of nitrogens with zero attached hydrogens (tertiary/aromatic N) is 6. The van der Waals surface area contributed by atoms with Crippen molar-refractivity contribution >= 4 is 16.7 Å². The lowest BCUT2D eigenvalue weighted by Crippen LogP contribution is -2.52. The predicted molar refractivity (Wildman–Crippen MR) is 123 cm³/mol. The van der Waals surface area contributed by atoms with Gasteiger partial charge in [0.15, 0.2) is 5.82 Å². The van der Waals surface area contributed by atoms with Crippen molar-refractivity contribution in [3.8, 4) is 11.9 Å². The van der Waals surface area contributed by atoms with E-state index in [1.165, 1.54) is 12.8 Å². The van der Waals surface area contributed by atoms with Gasteiger partial charge in [-0.05, 0) is 56.6 Å². The number of ether oxygens (including phenoxy) is 1. The minimum Gasteiger partial charge on any atom is -0.388 e. The Morgan fingerprint density at radius 1 is 1.18 bits per heavy atom. The summed E-state index contributed by atoms with van der Waals surface area (Å²) in [6.45, 7) is 5.30. The van der Waals surface area contributed by atoms with Crippen LogP contribution in [-0.2, 0) is 10.2 Å². The average Bonchev–Trinajstić information content (AvgIpc) is 3.48. The molecular weight excluding hydrogens is 416 g/mol. The molecule has 1 unspecified atom stereocenters. The summed E-state index contributed by atoms with van der Waals surface area (Å²) in [5.74, 6) is 1.46. The van der Waals surface area contributed by atoms with Gasteiger partial charge in [0, 0.05) is 24.5 Å². The molecule has 0 radical (unpaired) electrons. The summed E-state index contributed by atoms with van der Waals surface area (Å²) < 4.78 is 7.59. The summed E-state index contributed by atoms with van der Waals surface area (Å²) >= 11 is 0. The van der Waals surface area contributed by atoms with Crippen molar-refractivity contribution in [2.24, 2.45) is 5.41 Å². The third-order valence-corrected chi connectivity index (χ3v) is 7.68. The fourth-order valence-electron chi connectivity index (χ4n) is 5.52. The number of fused-ring (bicyclic) bond motifs is 1. The molecule has 3 heterocycles. The van der Waals surface area contributed by atoms with Crippen LogP contribution in [-0.4, -0.2) is 56.3 Å². The number of rotatable bonds is 4. The second kappa shape index (κ2) is 6.99. The number of aromatic nitrogens is 4.